The standard InChI is InChI=1S/C13H14N2O3.C2H7N/c14-9-15-6-3-7-17-12-8-13(16)18-11-5-2-1-4-10(11)12;1-2-3/h1-2,4-5,8-9H,3,6-7H2,(H2,14,15);2-3H2,1H3. The van der Waals surface area contributed by atoms with Crippen LogP contribution in [0.1, 0.15) is 13.3 Å². The van der Waals surface area contributed by atoms with Gasteiger partial charge in [0.05, 0.1) is 24.4 Å². The summed E-state index contributed by atoms with van der Waals surface area (Å²) in [4.78, 5) is 15.2. The fourth-order valence-electron chi connectivity index (χ4n) is 1.61. The van der Waals surface area contributed by atoms with E-state index in [1.807, 2.05) is 25.1 Å². The number of aliphatic imine (C=N–C) groups is 1. The molecule has 0 aliphatic heterocycles. The Balaban J connectivity index is 0.000000677. The van der Waals surface area contributed by atoms with Crippen LogP contribution in [0.15, 0.2) is 44.5 Å². The first kappa shape index (κ1) is 16.7. The van der Waals surface area contributed by atoms with Crippen LogP contribution in [-0.4, -0.2) is 26.0 Å². The van der Waals surface area contributed by atoms with Gasteiger partial charge in [0.2, 0.25) is 0 Å². The lowest BCUT2D eigenvalue weighted by Gasteiger charge is -2.07. The average molecular weight is 291 g/mol. The number of ether oxygens (including phenoxy) is 1. The summed E-state index contributed by atoms with van der Waals surface area (Å²) in [5.41, 5.74) is 10.1. The van der Waals surface area contributed by atoms with Gasteiger partial charge in [-0.2, -0.15) is 0 Å². The van der Waals surface area contributed by atoms with Crippen molar-refractivity contribution in [1.82, 2.24) is 0 Å². The van der Waals surface area contributed by atoms with Crippen molar-refractivity contribution in [1.29, 1.82) is 0 Å². The topological polar surface area (TPSA) is 104 Å². The van der Waals surface area contributed by atoms with Crippen LogP contribution in [0.5, 0.6) is 5.75 Å². The lowest BCUT2D eigenvalue weighted by molar-refractivity contribution is 0.314. The summed E-state index contributed by atoms with van der Waals surface area (Å²) in [6.45, 7) is 3.74. The second kappa shape index (κ2) is 9.55. The Labute approximate surface area is 123 Å². The molecule has 6 heteroatoms. The first-order valence-electron chi connectivity index (χ1n) is 6.78. The number of nitrogens with zero attached hydrogens (tertiary/aromatic N) is 1. The SMILES string of the molecule is CCN.NC=NCCCOc1cc(=O)oc2ccccc12. The van der Waals surface area contributed by atoms with E-state index in [-0.39, 0.29) is 0 Å². The zero-order chi connectivity index (χ0) is 15.5. The van der Waals surface area contributed by atoms with Gasteiger partial charge in [0.15, 0.2) is 0 Å². The van der Waals surface area contributed by atoms with E-state index >= 15 is 0 Å². The molecule has 21 heavy (non-hydrogen) atoms. The van der Waals surface area contributed by atoms with E-state index in [2.05, 4.69) is 4.99 Å². The van der Waals surface area contributed by atoms with Crippen molar-refractivity contribution in [3.63, 3.8) is 0 Å². The maximum Gasteiger partial charge on any atom is 0.339 e. The fourth-order valence-corrected chi connectivity index (χ4v) is 1.61. The molecule has 2 rings (SSSR count). The highest BCUT2D eigenvalue weighted by atomic mass is 16.5. The van der Waals surface area contributed by atoms with Crippen molar-refractivity contribution in [3.8, 4) is 5.75 Å². The summed E-state index contributed by atoms with van der Waals surface area (Å²) in [5, 5.41) is 0.791. The van der Waals surface area contributed by atoms with Crippen LogP contribution in [0.25, 0.3) is 11.0 Å². The molecule has 114 valence electrons. The number of nitrogens with two attached hydrogens (primary N) is 2. The van der Waals surface area contributed by atoms with Gasteiger partial charge in [-0.15, -0.1) is 0 Å². The Kier molecular flexibility index (Phi) is 7.60. The van der Waals surface area contributed by atoms with Crippen molar-refractivity contribution >= 4 is 17.3 Å². The van der Waals surface area contributed by atoms with Crippen LogP contribution in [0, 0.1) is 0 Å². The Morgan fingerprint density at radius 3 is 2.81 bits per heavy atom. The van der Waals surface area contributed by atoms with E-state index in [4.69, 9.17) is 20.6 Å². The van der Waals surface area contributed by atoms with E-state index in [1.165, 1.54) is 12.4 Å². The molecule has 0 saturated carbocycles. The molecule has 1 aromatic heterocycles. The molecule has 6 nitrogen and oxygen atoms in total. The number of benzene rings is 1. The van der Waals surface area contributed by atoms with Crippen LogP contribution >= 0.6 is 0 Å². The van der Waals surface area contributed by atoms with Gasteiger partial charge in [0.25, 0.3) is 0 Å². The highest BCUT2D eigenvalue weighted by Gasteiger charge is 2.05. The predicted octanol–water partition coefficient (Wildman–Crippen LogP) is 1.51. The first-order valence-corrected chi connectivity index (χ1v) is 6.78. The molecular formula is C15H21N3O3. The van der Waals surface area contributed by atoms with Gasteiger partial charge in [-0.3, -0.25) is 4.99 Å². The van der Waals surface area contributed by atoms with Gasteiger partial charge < -0.3 is 20.6 Å². The Morgan fingerprint density at radius 1 is 1.38 bits per heavy atom. The largest absolute Gasteiger partial charge is 0.492 e. The second-order valence-corrected chi connectivity index (χ2v) is 4.09. The molecule has 0 aliphatic carbocycles. The van der Waals surface area contributed by atoms with Crippen molar-refractivity contribution < 1.29 is 9.15 Å². The summed E-state index contributed by atoms with van der Waals surface area (Å²) < 4.78 is 10.6. The molecule has 1 heterocycles. The molecule has 0 unspecified atom stereocenters. The van der Waals surface area contributed by atoms with Gasteiger partial charge >= 0.3 is 5.63 Å². The van der Waals surface area contributed by atoms with Crippen LogP contribution in [0.2, 0.25) is 0 Å². The molecule has 0 atom stereocenters. The van der Waals surface area contributed by atoms with E-state index in [0.29, 0.717) is 24.5 Å². The number of para-hydroxylation sites is 1. The molecule has 0 bridgehead atoms. The highest BCUT2D eigenvalue weighted by Crippen LogP contribution is 2.23. The number of hydrogen-bond donors (Lipinski definition) is 2. The van der Waals surface area contributed by atoms with E-state index in [0.717, 1.165) is 18.4 Å². The maximum atomic E-state index is 11.4. The van der Waals surface area contributed by atoms with Gasteiger partial charge in [0.1, 0.15) is 11.3 Å². The summed E-state index contributed by atoms with van der Waals surface area (Å²) in [6, 6.07) is 8.63. The molecule has 1 aromatic carbocycles. The van der Waals surface area contributed by atoms with Crippen molar-refractivity contribution in [2.75, 3.05) is 19.7 Å². The summed E-state index contributed by atoms with van der Waals surface area (Å²) in [5.74, 6) is 0.540. The smallest absolute Gasteiger partial charge is 0.339 e. The van der Waals surface area contributed by atoms with E-state index in [9.17, 15) is 4.79 Å². The summed E-state index contributed by atoms with van der Waals surface area (Å²) in [6.07, 6.45) is 2.01. The zero-order valence-corrected chi connectivity index (χ0v) is 12.1. The third-order valence-corrected chi connectivity index (χ3v) is 2.41. The lowest BCUT2D eigenvalue weighted by Crippen LogP contribution is -2.04. The molecule has 0 aliphatic rings. The molecular weight excluding hydrogens is 270 g/mol. The molecule has 0 fully saturated rings. The van der Waals surface area contributed by atoms with Gasteiger partial charge in [-0.05, 0) is 18.7 Å². The highest BCUT2D eigenvalue weighted by molar-refractivity contribution is 5.82. The number of rotatable bonds is 5. The molecule has 0 radical (unpaired) electrons. The van der Waals surface area contributed by atoms with Gasteiger partial charge in [0, 0.05) is 13.0 Å². The summed E-state index contributed by atoms with van der Waals surface area (Å²) in [7, 11) is 0. The number of fused-ring (bicyclic) bond motifs is 1. The fraction of sp³-hybridized carbons (Fsp3) is 0.333. The Morgan fingerprint density at radius 2 is 2.10 bits per heavy atom. The van der Waals surface area contributed by atoms with Crippen LogP contribution in [0.4, 0.5) is 0 Å². The minimum atomic E-state index is -0.413. The monoisotopic (exact) mass is 291 g/mol. The number of hydrogen-bond acceptors (Lipinski definition) is 5. The Hall–Kier alpha value is -2.34. The molecule has 0 amide bonds. The van der Waals surface area contributed by atoms with Gasteiger partial charge in [-0.25, -0.2) is 4.79 Å². The predicted molar refractivity (Wildman–Crippen MR) is 84.9 cm³/mol. The molecule has 2 aromatic rings. The normalized spacial score (nSPS) is 10.4. The van der Waals surface area contributed by atoms with Crippen molar-refractivity contribution in [2.24, 2.45) is 16.5 Å². The van der Waals surface area contributed by atoms with Crippen LogP contribution in [0.3, 0.4) is 0 Å². The minimum Gasteiger partial charge on any atom is -0.492 e. The third kappa shape index (κ3) is 5.66. The summed E-state index contributed by atoms with van der Waals surface area (Å²) >= 11 is 0. The van der Waals surface area contributed by atoms with Crippen LogP contribution in [-0.2, 0) is 0 Å². The minimum absolute atomic E-state index is 0.413. The van der Waals surface area contributed by atoms with Crippen LogP contribution < -0.4 is 21.8 Å². The average Bonchev–Trinajstić information content (AvgIpc) is 2.47. The van der Waals surface area contributed by atoms with Crippen molar-refractivity contribution in [2.45, 2.75) is 13.3 Å². The van der Waals surface area contributed by atoms with Gasteiger partial charge in [-0.1, -0.05) is 19.1 Å². The van der Waals surface area contributed by atoms with E-state index in [1.54, 1.807) is 6.07 Å². The maximum absolute atomic E-state index is 11.4. The molecule has 4 N–H and O–H groups in total. The molecule has 0 spiro atoms. The van der Waals surface area contributed by atoms with E-state index < -0.39 is 5.63 Å². The third-order valence-electron chi connectivity index (χ3n) is 2.41. The molecule has 0 saturated heterocycles. The first-order chi connectivity index (χ1) is 10.2. The quantitative estimate of drug-likeness (QED) is 0.376. The Bertz CT molecular complexity index is 623. The second-order valence-electron chi connectivity index (χ2n) is 4.09. The van der Waals surface area contributed by atoms with Crippen molar-refractivity contribution in [3.05, 3.63) is 40.8 Å². The zero-order valence-electron chi connectivity index (χ0n) is 12.1. The lowest BCUT2D eigenvalue weighted by atomic mass is 10.2.